The molecule has 0 saturated heterocycles. The highest BCUT2D eigenvalue weighted by Crippen LogP contribution is 2.39. The summed E-state index contributed by atoms with van der Waals surface area (Å²) in [6, 6.07) is 8.27. The number of para-hydroxylation sites is 1. The summed E-state index contributed by atoms with van der Waals surface area (Å²) in [7, 11) is 0. The van der Waals surface area contributed by atoms with Crippen LogP contribution >= 0.6 is 0 Å². The van der Waals surface area contributed by atoms with E-state index in [9.17, 15) is 15.3 Å². The van der Waals surface area contributed by atoms with Gasteiger partial charge in [0.25, 0.3) is 0 Å². The van der Waals surface area contributed by atoms with Crippen LogP contribution in [-0.2, 0) is 0 Å². The van der Waals surface area contributed by atoms with Crippen molar-refractivity contribution in [2.45, 2.75) is 13.8 Å². The molecule has 3 nitrogen and oxygen atoms in total. The Morgan fingerprint density at radius 3 is 2.18 bits per heavy atom. The highest BCUT2D eigenvalue weighted by Gasteiger charge is 2.11. The maximum absolute atomic E-state index is 9.82. The maximum Gasteiger partial charge on any atom is 0.165 e. The summed E-state index contributed by atoms with van der Waals surface area (Å²) in [5.41, 5.74) is 2.93. The normalized spacial score (nSPS) is 10.5. The summed E-state index contributed by atoms with van der Waals surface area (Å²) >= 11 is 0. The van der Waals surface area contributed by atoms with Crippen LogP contribution in [0.3, 0.4) is 0 Å². The lowest BCUT2D eigenvalue weighted by atomic mass is 9.97. The number of hydrogen-bond donors (Lipinski definition) is 3. The van der Waals surface area contributed by atoms with E-state index in [4.69, 9.17) is 0 Å². The van der Waals surface area contributed by atoms with E-state index in [1.807, 2.05) is 6.92 Å². The van der Waals surface area contributed by atoms with Crippen molar-refractivity contribution >= 4 is 0 Å². The Labute approximate surface area is 99.6 Å². The molecule has 0 unspecified atom stereocenters. The molecule has 0 aromatic heterocycles. The lowest BCUT2D eigenvalue weighted by Gasteiger charge is -2.11. The molecular weight excluding hydrogens is 216 g/mol. The van der Waals surface area contributed by atoms with Crippen LogP contribution in [0.15, 0.2) is 30.3 Å². The van der Waals surface area contributed by atoms with Crippen LogP contribution in [0.4, 0.5) is 0 Å². The highest BCUT2D eigenvalue weighted by atomic mass is 16.3. The van der Waals surface area contributed by atoms with Gasteiger partial charge in [0, 0.05) is 5.56 Å². The fourth-order valence-corrected chi connectivity index (χ4v) is 1.84. The fraction of sp³-hybridized carbons (Fsp3) is 0.143. The van der Waals surface area contributed by atoms with Crippen LogP contribution in [0.5, 0.6) is 17.2 Å². The summed E-state index contributed by atoms with van der Waals surface area (Å²) in [4.78, 5) is 0. The molecule has 2 aromatic rings. The van der Waals surface area contributed by atoms with Crippen molar-refractivity contribution in [1.82, 2.24) is 0 Å². The summed E-state index contributed by atoms with van der Waals surface area (Å²) < 4.78 is 0. The number of aryl methyl sites for hydroxylation is 2. The third-order valence-corrected chi connectivity index (χ3v) is 2.85. The molecule has 0 atom stereocenters. The van der Waals surface area contributed by atoms with E-state index in [0.717, 1.165) is 16.7 Å². The number of phenolic OH excluding ortho intramolecular Hbond substituents is 3. The summed E-state index contributed by atoms with van der Waals surface area (Å²) in [6.45, 7) is 3.64. The van der Waals surface area contributed by atoms with Crippen molar-refractivity contribution in [2.24, 2.45) is 0 Å². The van der Waals surface area contributed by atoms with Gasteiger partial charge in [0.15, 0.2) is 11.5 Å². The first kappa shape index (κ1) is 11.3. The maximum atomic E-state index is 9.82. The molecule has 0 spiro atoms. The van der Waals surface area contributed by atoms with Crippen molar-refractivity contribution in [3.05, 3.63) is 41.5 Å². The molecular formula is C14H14O3. The minimum Gasteiger partial charge on any atom is -0.508 e. The van der Waals surface area contributed by atoms with Crippen molar-refractivity contribution in [2.75, 3.05) is 0 Å². The van der Waals surface area contributed by atoms with E-state index in [1.165, 1.54) is 6.07 Å². The SMILES string of the molecule is Cc1cc(-c2cccc(O)c2O)c(C)cc1O. The quantitative estimate of drug-likeness (QED) is 0.660. The predicted octanol–water partition coefficient (Wildman–Crippen LogP) is 3.09. The average Bonchev–Trinajstić information content (AvgIpc) is 2.28. The average molecular weight is 230 g/mol. The smallest absolute Gasteiger partial charge is 0.165 e. The Bertz CT molecular complexity index is 574. The third-order valence-electron chi connectivity index (χ3n) is 2.85. The Balaban J connectivity index is 2.69. The van der Waals surface area contributed by atoms with Gasteiger partial charge in [0.1, 0.15) is 5.75 Å². The largest absolute Gasteiger partial charge is 0.508 e. The van der Waals surface area contributed by atoms with Gasteiger partial charge < -0.3 is 15.3 Å². The van der Waals surface area contributed by atoms with Crippen LogP contribution in [0.25, 0.3) is 11.1 Å². The molecule has 17 heavy (non-hydrogen) atoms. The zero-order valence-electron chi connectivity index (χ0n) is 9.73. The van der Waals surface area contributed by atoms with Gasteiger partial charge in [-0.25, -0.2) is 0 Å². The molecule has 0 heterocycles. The second-order valence-electron chi connectivity index (χ2n) is 4.13. The standard InChI is InChI=1S/C14H14O3/c1-8-7-13(16)9(2)6-11(8)10-4-3-5-12(15)14(10)17/h3-7,15-17H,1-2H3. The van der Waals surface area contributed by atoms with Crippen molar-refractivity contribution in [3.8, 4) is 28.4 Å². The van der Waals surface area contributed by atoms with E-state index in [1.54, 1.807) is 31.2 Å². The molecule has 2 rings (SSSR count). The van der Waals surface area contributed by atoms with Gasteiger partial charge in [-0.2, -0.15) is 0 Å². The second-order valence-corrected chi connectivity index (χ2v) is 4.13. The van der Waals surface area contributed by atoms with Gasteiger partial charge in [0.2, 0.25) is 0 Å². The predicted molar refractivity (Wildman–Crippen MR) is 66.3 cm³/mol. The van der Waals surface area contributed by atoms with E-state index >= 15 is 0 Å². The zero-order chi connectivity index (χ0) is 12.6. The molecule has 3 N–H and O–H groups in total. The number of aromatic hydroxyl groups is 3. The highest BCUT2D eigenvalue weighted by molar-refractivity contribution is 5.76. The van der Waals surface area contributed by atoms with Crippen molar-refractivity contribution in [1.29, 1.82) is 0 Å². The van der Waals surface area contributed by atoms with E-state index in [0.29, 0.717) is 5.56 Å². The minimum absolute atomic E-state index is 0.138. The molecule has 0 radical (unpaired) electrons. The Morgan fingerprint density at radius 1 is 0.765 bits per heavy atom. The van der Waals surface area contributed by atoms with Crippen LogP contribution in [0.1, 0.15) is 11.1 Å². The zero-order valence-corrected chi connectivity index (χ0v) is 9.73. The molecule has 0 saturated carbocycles. The fourth-order valence-electron chi connectivity index (χ4n) is 1.84. The third kappa shape index (κ3) is 1.91. The molecule has 0 aliphatic rings. The lowest BCUT2D eigenvalue weighted by Crippen LogP contribution is -1.87. The Morgan fingerprint density at radius 2 is 1.47 bits per heavy atom. The molecule has 0 fully saturated rings. The number of benzene rings is 2. The lowest BCUT2D eigenvalue weighted by molar-refractivity contribution is 0.405. The topological polar surface area (TPSA) is 60.7 Å². The number of hydrogen-bond acceptors (Lipinski definition) is 3. The molecule has 2 aromatic carbocycles. The van der Waals surface area contributed by atoms with Gasteiger partial charge >= 0.3 is 0 Å². The first-order valence-electron chi connectivity index (χ1n) is 5.32. The number of phenols is 3. The Kier molecular flexibility index (Phi) is 2.68. The monoisotopic (exact) mass is 230 g/mol. The van der Waals surface area contributed by atoms with E-state index in [2.05, 4.69) is 0 Å². The summed E-state index contributed by atoms with van der Waals surface area (Å²) in [5.74, 6) is -0.0563. The van der Waals surface area contributed by atoms with E-state index in [-0.39, 0.29) is 17.2 Å². The van der Waals surface area contributed by atoms with E-state index < -0.39 is 0 Å². The van der Waals surface area contributed by atoms with Crippen molar-refractivity contribution in [3.63, 3.8) is 0 Å². The van der Waals surface area contributed by atoms with Gasteiger partial charge in [-0.3, -0.25) is 0 Å². The summed E-state index contributed by atoms with van der Waals surface area (Å²) in [5, 5.41) is 28.9. The van der Waals surface area contributed by atoms with Crippen LogP contribution in [-0.4, -0.2) is 15.3 Å². The molecule has 88 valence electrons. The first-order chi connectivity index (χ1) is 8.00. The summed E-state index contributed by atoms with van der Waals surface area (Å²) in [6.07, 6.45) is 0. The molecule has 0 amide bonds. The first-order valence-corrected chi connectivity index (χ1v) is 5.32. The van der Waals surface area contributed by atoms with Crippen LogP contribution < -0.4 is 0 Å². The van der Waals surface area contributed by atoms with Gasteiger partial charge in [-0.05, 0) is 48.7 Å². The molecule has 0 bridgehead atoms. The molecule has 3 heteroatoms. The molecule has 0 aliphatic carbocycles. The van der Waals surface area contributed by atoms with Crippen LogP contribution in [0, 0.1) is 13.8 Å². The van der Waals surface area contributed by atoms with Crippen LogP contribution in [0.2, 0.25) is 0 Å². The minimum atomic E-state index is -0.146. The molecule has 0 aliphatic heterocycles. The van der Waals surface area contributed by atoms with Crippen molar-refractivity contribution < 1.29 is 15.3 Å². The second kappa shape index (κ2) is 4.01. The van der Waals surface area contributed by atoms with Gasteiger partial charge in [-0.1, -0.05) is 12.1 Å². The van der Waals surface area contributed by atoms with Gasteiger partial charge in [0.05, 0.1) is 0 Å². The number of rotatable bonds is 1. The van der Waals surface area contributed by atoms with Gasteiger partial charge in [-0.15, -0.1) is 0 Å². The Hall–Kier alpha value is -2.16.